The van der Waals surface area contributed by atoms with Crippen LogP contribution in [0.5, 0.6) is 5.75 Å². The SMILES string of the molecule is CCCC(C)(O)CNC(C)c1cc(C)ccc1O. The molecular formula is C15H25NO2. The molecule has 0 aliphatic carbocycles. The van der Waals surface area contributed by atoms with E-state index in [4.69, 9.17) is 0 Å². The molecule has 0 heterocycles. The van der Waals surface area contributed by atoms with Gasteiger partial charge in [0.25, 0.3) is 0 Å². The predicted octanol–water partition coefficient (Wildman–Crippen LogP) is 2.90. The molecule has 102 valence electrons. The highest BCUT2D eigenvalue weighted by Gasteiger charge is 2.20. The maximum Gasteiger partial charge on any atom is 0.120 e. The quantitative estimate of drug-likeness (QED) is 0.728. The van der Waals surface area contributed by atoms with Gasteiger partial charge in [0, 0.05) is 18.2 Å². The molecular weight excluding hydrogens is 226 g/mol. The molecule has 2 atom stereocenters. The van der Waals surface area contributed by atoms with Gasteiger partial charge in [-0.15, -0.1) is 0 Å². The largest absolute Gasteiger partial charge is 0.508 e. The Labute approximate surface area is 110 Å². The second-order valence-corrected chi connectivity index (χ2v) is 5.41. The number of phenols is 1. The van der Waals surface area contributed by atoms with Crippen LogP contribution in [0.4, 0.5) is 0 Å². The van der Waals surface area contributed by atoms with Crippen LogP contribution < -0.4 is 5.32 Å². The minimum atomic E-state index is -0.692. The summed E-state index contributed by atoms with van der Waals surface area (Å²) < 4.78 is 0. The van der Waals surface area contributed by atoms with Gasteiger partial charge in [0.15, 0.2) is 0 Å². The molecule has 3 heteroatoms. The maximum absolute atomic E-state index is 10.1. The molecule has 0 spiro atoms. The molecule has 0 radical (unpaired) electrons. The van der Waals surface area contributed by atoms with Gasteiger partial charge in [-0.25, -0.2) is 0 Å². The third-order valence-electron chi connectivity index (χ3n) is 3.23. The lowest BCUT2D eigenvalue weighted by Crippen LogP contribution is -2.38. The van der Waals surface area contributed by atoms with Gasteiger partial charge < -0.3 is 15.5 Å². The fraction of sp³-hybridized carbons (Fsp3) is 0.600. The lowest BCUT2D eigenvalue weighted by molar-refractivity contribution is 0.0476. The highest BCUT2D eigenvalue weighted by atomic mass is 16.3. The number of aromatic hydroxyl groups is 1. The van der Waals surface area contributed by atoms with E-state index < -0.39 is 5.60 Å². The molecule has 18 heavy (non-hydrogen) atoms. The molecule has 0 amide bonds. The van der Waals surface area contributed by atoms with Gasteiger partial charge in [-0.2, -0.15) is 0 Å². The van der Waals surface area contributed by atoms with Gasteiger partial charge in [-0.05, 0) is 33.3 Å². The van der Waals surface area contributed by atoms with Gasteiger partial charge in [-0.3, -0.25) is 0 Å². The molecule has 2 unspecified atom stereocenters. The first kappa shape index (κ1) is 15.0. The van der Waals surface area contributed by atoms with Gasteiger partial charge in [0.2, 0.25) is 0 Å². The van der Waals surface area contributed by atoms with Gasteiger partial charge in [0.05, 0.1) is 5.60 Å². The summed E-state index contributed by atoms with van der Waals surface area (Å²) in [7, 11) is 0. The maximum atomic E-state index is 10.1. The van der Waals surface area contributed by atoms with E-state index in [1.54, 1.807) is 6.07 Å². The smallest absolute Gasteiger partial charge is 0.120 e. The highest BCUT2D eigenvalue weighted by molar-refractivity contribution is 5.37. The molecule has 0 fully saturated rings. The van der Waals surface area contributed by atoms with Crippen LogP contribution >= 0.6 is 0 Å². The Bertz CT molecular complexity index is 388. The molecule has 0 saturated heterocycles. The Kier molecular flexibility index (Phi) is 5.17. The predicted molar refractivity (Wildman–Crippen MR) is 74.8 cm³/mol. The number of aryl methyl sites for hydroxylation is 1. The summed E-state index contributed by atoms with van der Waals surface area (Å²) in [4.78, 5) is 0. The molecule has 3 nitrogen and oxygen atoms in total. The summed E-state index contributed by atoms with van der Waals surface area (Å²) in [5.74, 6) is 0.302. The second-order valence-electron chi connectivity index (χ2n) is 5.41. The standard InChI is InChI=1S/C15H25NO2/c1-5-8-15(4,18)10-16-12(3)13-9-11(2)6-7-14(13)17/h6-7,9,12,16-18H,5,8,10H2,1-4H3. The topological polar surface area (TPSA) is 52.5 Å². The molecule has 0 saturated carbocycles. The van der Waals surface area contributed by atoms with Gasteiger partial charge in [0.1, 0.15) is 5.75 Å². The van der Waals surface area contributed by atoms with E-state index in [9.17, 15) is 10.2 Å². The summed E-state index contributed by atoms with van der Waals surface area (Å²) in [5, 5.41) is 23.2. The van der Waals surface area contributed by atoms with Gasteiger partial charge in [-0.1, -0.05) is 31.0 Å². The van der Waals surface area contributed by atoms with E-state index >= 15 is 0 Å². The van der Waals surface area contributed by atoms with Crippen molar-refractivity contribution >= 4 is 0 Å². The van der Waals surface area contributed by atoms with Crippen LogP contribution in [0.15, 0.2) is 18.2 Å². The summed E-state index contributed by atoms with van der Waals surface area (Å²) in [6.07, 6.45) is 1.73. The lowest BCUT2D eigenvalue weighted by Gasteiger charge is -2.26. The lowest BCUT2D eigenvalue weighted by atomic mass is 9.99. The zero-order valence-electron chi connectivity index (χ0n) is 11.8. The normalized spacial score (nSPS) is 16.3. The van der Waals surface area contributed by atoms with Crippen LogP contribution in [0.2, 0.25) is 0 Å². The van der Waals surface area contributed by atoms with Gasteiger partial charge >= 0.3 is 0 Å². The second kappa shape index (κ2) is 6.21. The number of phenolic OH excluding ortho intramolecular Hbond substituents is 1. The molecule has 1 rings (SSSR count). The van der Waals surface area contributed by atoms with E-state index in [-0.39, 0.29) is 6.04 Å². The molecule has 0 bridgehead atoms. The molecule has 0 aliphatic heterocycles. The Hall–Kier alpha value is -1.06. The van der Waals surface area contributed by atoms with Crippen LogP contribution in [-0.2, 0) is 0 Å². The summed E-state index contributed by atoms with van der Waals surface area (Å²) >= 11 is 0. The van der Waals surface area contributed by atoms with Crippen molar-refractivity contribution in [1.29, 1.82) is 0 Å². The minimum Gasteiger partial charge on any atom is -0.508 e. The summed E-state index contributed by atoms with van der Waals surface area (Å²) in [6.45, 7) is 8.42. The molecule has 0 aromatic heterocycles. The molecule has 1 aromatic rings. The highest BCUT2D eigenvalue weighted by Crippen LogP contribution is 2.25. The van der Waals surface area contributed by atoms with E-state index in [1.165, 1.54) is 0 Å². The molecule has 0 aliphatic rings. The Morgan fingerprint density at radius 3 is 2.67 bits per heavy atom. The zero-order valence-corrected chi connectivity index (χ0v) is 11.8. The first-order valence-corrected chi connectivity index (χ1v) is 6.61. The van der Waals surface area contributed by atoms with Crippen molar-refractivity contribution in [3.63, 3.8) is 0 Å². The molecule has 3 N–H and O–H groups in total. The van der Waals surface area contributed by atoms with Crippen LogP contribution in [0.1, 0.15) is 50.8 Å². The average molecular weight is 251 g/mol. The monoisotopic (exact) mass is 251 g/mol. The van der Waals surface area contributed by atoms with E-state index in [0.717, 1.165) is 24.0 Å². The van der Waals surface area contributed by atoms with E-state index in [1.807, 2.05) is 32.9 Å². The number of hydrogen-bond donors (Lipinski definition) is 3. The Morgan fingerprint density at radius 1 is 1.39 bits per heavy atom. The van der Waals surface area contributed by atoms with Crippen molar-refractivity contribution in [2.24, 2.45) is 0 Å². The van der Waals surface area contributed by atoms with E-state index in [2.05, 4.69) is 12.2 Å². The third kappa shape index (κ3) is 4.31. The van der Waals surface area contributed by atoms with Crippen LogP contribution in [-0.4, -0.2) is 22.4 Å². The van der Waals surface area contributed by atoms with Crippen LogP contribution in [0, 0.1) is 6.92 Å². The van der Waals surface area contributed by atoms with Crippen molar-refractivity contribution in [2.45, 2.75) is 52.2 Å². The fourth-order valence-corrected chi connectivity index (χ4v) is 2.13. The van der Waals surface area contributed by atoms with Crippen molar-refractivity contribution in [2.75, 3.05) is 6.54 Å². The average Bonchev–Trinajstić information content (AvgIpc) is 2.29. The van der Waals surface area contributed by atoms with E-state index in [0.29, 0.717) is 12.3 Å². The van der Waals surface area contributed by atoms with Crippen molar-refractivity contribution in [3.8, 4) is 5.75 Å². The summed E-state index contributed by atoms with van der Waals surface area (Å²) in [5.41, 5.74) is 1.31. The third-order valence-corrected chi connectivity index (χ3v) is 3.23. The Balaban J connectivity index is 2.65. The number of hydrogen-bond acceptors (Lipinski definition) is 3. The number of benzene rings is 1. The minimum absolute atomic E-state index is 0.0215. The first-order chi connectivity index (χ1) is 8.35. The molecule has 1 aromatic carbocycles. The van der Waals surface area contributed by atoms with Crippen molar-refractivity contribution in [3.05, 3.63) is 29.3 Å². The number of nitrogens with one attached hydrogen (secondary N) is 1. The van der Waals surface area contributed by atoms with Crippen LogP contribution in [0.25, 0.3) is 0 Å². The number of rotatable bonds is 6. The van der Waals surface area contributed by atoms with Crippen LogP contribution in [0.3, 0.4) is 0 Å². The van der Waals surface area contributed by atoms with Crippen molar-refractivity contribution in [1.82, 2.24) is 5.32 Å². The zero-order chi connectivity index (χ0) is 13.8. The summed E-state index contributed by atoms with van der Waals surface area (Å²) in [6, 6.07) is 5.60. The first-order valence-electron chi connectivity index (χ1n) is 6.61. The van der Waals surface area contributed by atoms with Crippen molar-refractivity contribution < 1.29 is 10.2 Å². The fourth-order valence-electron chi connectivity index (χ4n) is 2.13. The Morgan fingerprint density at radius 2 is 2.06 bits per heavy atom. The number of aliphatic hydroxyl groups is 1.